The van der Waals surface area contributed by atoms with Crippen molar-refractivity contribution in [1.82, 2.24) is 5.32 Å². The van der Waals surface area contributed by atoms with Gasteiger partial charge in [-0.15, -0.1) is 0 Å². The first-order valence-corrected chi connectivity index (χ1v) is 7.08. The van der Waals surface area contributed by atoms with Gasteiger partial charge >= 0.3 is 0 Å². The molecule has 1 aromatic rings. The molecular weight excluding hydrogens is 269 g/mol. The van der Waals surface area contributed by atoms with Crippen molar-refractivity contribution in [2.45, 2.75) is 31.9 Å². The molecule has 1 fully saturated rings. The zero-order valence-electron chi connectivity index (χ0n) is 10.7. The van der Waals surface area contributed by atoms with Gasteiger partial charge in [-0.2, -0.15) is 0 Å². The van der Waals surface area contributed by atoms with Crippen LogP contribution in [0.2, 0.25) is 10.0 Å². The van der Waals surface area contributed by atoms with Gasteiger partial charge in [0.15, 0.2) is 0 Å². The lowest BCUT2D eigenvalue weighted by Crippen LogP contribution is -2.36. The van der Waals surface area contributed by atoms with E-state index in [1.165, 1.54) is 0 Å². The number of nitrogens with one attached hydrogen (secondary N) is 1. The fourth-order valence-corrected chi connectivity index (χ4v) is 2.96. The largest absolute Gasteiger partial charge is 0.378 e. The van der Waals surface area contributed by atoms with E-state index in [4.69, 9.17) is 27.9 Å². The van der Waals surface area contributed by atoms with Crippen LogP contribution in [0.1, 0.15) is 18.9 Å². The molecule has 0 amide bonds. The van der Waals surface area contributed by atoms with E-state index in [-0.39, 0.29) is 0 Å². The summed E-state index contributed by atoms with van der Waals surface area (Å²) in [5.74, 6) is 0.542. The molecule has 1 saturated heterocycles. The monoisotopic (exact) mass is 287 g/mol. The molecule has 0 aliphatic carbocycles. The van der Waals surface area contributed by atoms with Crippen molar-refractivity contribution in [1.29, 1.82) is 0 Å². The SMILES string of the molecule is CNC(Cc1cc(Cl)ccc1Cl)C1COC(C)C1. The number of hydrogen-bond acceptors (Lipinski definition) is 2. The van der Waals surface area contributed by atoms with Crippen molar-refractivity contribution in [3.8, 4) is 0 Å². The molecule has 1 heterocycles. The fraction of sp³-hybridized carbons (Fsp3) is 0.571. The summed E-state index contributed by atoms with van der Waals surface area (Å²) < 4.78 is 5.64. The van der Waals surface area contributed by atoms with Crippen LogP contribution in [0.25, 0.3) is 0 Å². The molecule has 1 aromatic carbocycles. The molecule has 1 aliphatic heterocycles. The Balaban J connectivity index is 2.08. The summed E-state index contributed by atoms with van der Waals surface area (Å²) in [6, 6.07) is 6.02. The first kappa shape index (κ1) is 14.1. The van der Waals surface area contributed by atoms with Gasteiger partial charge in [-0.05, 0) is 50.6 Å². The molecule has 1 N–H and O–H groups in total. The number of rotatable bonds is 4. The van der Waals surface area contributed by atoms with Gasteiger partial charge in [-0.3, -0.25) is 0 Å². The summed E-state index contributed by atoms with van der Waals surface area (Å²) in [5, 5.41) is 4.90. The lowest BCUT2D eigenvalue weighted by atomic mass is 9.91. The second-order valence-corrected chi connectivity index (χ2v) is 5.82. The third-order valence-corrected chi connectivity index (χ3v) is 4.22. The van der Waals surface area contributed by atoms with Crippen LogP contribution < -0.4 is 5.32 Å². The van der Waals surface area contributed by atoms with Crippen LogP contribution in [0.3, 0.4) is 0 Å². The smallest absolute Gasteiger partial charge is 0.0551 e. The number of likely N-dealkylation sites (N-methyl/N-ethyl adjacent to an activating group) is 1. The van der Waals surface area contributed by atoms with Gasteiger partial charge in [0.25, 0.3) is 0 Å². The second kappa shape index (κ2) is 6.25. The molecule has 4 heteroatoms. The van der Waals surface area contributed by atoms with E-state index >= 15 is 0 Å². The normalized spacial score (nSPS) is 25.3. The summed E-state index contributed by atoms with van der Waals surface area (Å²) in [7, 11) is 1.99. The number of hydrogen-bond donors (Lipinski definition) is 1. The lowest BCUT2D eigenvalue weighted by Gasteiger charge is -2.22. The maximum absolute atomic E-state index is 6.21. The number of ether oxygens (including phenoxy) is 1. The highest BCUT2D eigenvalue weighted by Gasteiger charge is 2.29. The summed E-state index contributed by atoms with van der Waals surface area (Å²) >= 11 is 12.2. The molecule has 18 heavy (non-hydrogen) atoms. The molecule has 3 unspecified atom stereocenters. The molecule has 0 bridgehead atoms. The summed E-state index contributed by atoms with van der Waals surface area (Å²) in [5.41, 5.74) is 1.10. The Labute approximate surface area is 119 Å². The van der Waals surface area contributed by atoms with Gasteiger partial charge in [0.05, 0.1) is 12.7 Å². The standard InChI is InChI=1S/C14H19Cl2NO/c1-9-5-11(8-18-9)14(17-2)7-10-6-12(15)3-4-13(10)16/h3-4,6,9,11,14,17H,5,7-8H2,1-2H3. The fourth-order valence-electron chi connectivity index (χ4n) is 2.57. The topological polar surface area (TPSA) is 21.3 Å². The quantitative estimate of drug-likeness (QED) is 0.915. The first-order valence-electron chi connectivity index (χ1n) is 6.33. The molecular formula is C14H19Cl2NO. The Kier molecular flexibility index (Phi) is 4.91. The average Bonchev–Trinajstić information content (AvgIpc) is 2.77. The molecule has 100 valence electrons. The van der Waals surface area contributed by atoms with Crippen molar-refractivity contribution < 1.29 is 4.74 Å². The minimum absolute atomic E-state index is 0.362. The van der Waals surface area contributed by atoms with Gasteiger partial charge in [-0.1, -0.05) is 23.2 Å². The van der Waals surface area contributed by atoms with Crippen LogP contribution >= 0.6 is 23.2 Å². The predicted octanol–water partition coefficient (Wildman–Crippen LogP) is 3.55. The van der Waals surface area contributed by atoms with E-state index in [1.54, 1.807) is 0 Å². The minimum Gasteiger partial charge on any atom is -0.378 e. The van der Waals surface area contributed by atoms with E-state index < -0.39 is 0 Å². The van der Waals surface area contributed by atoms with Crippen molar-refractivity contribution >= 4 is 23.2 Å². The molecule has 0 radical (unpaired) electrons. The van der Waals surface area contributed by atoms with Gasteiger partial charge in [0.1, 0.15) is 0 Å². The van der Waals surface area contributed by atoms with E-state index in [9.17, 15) is 0 Å². The first-order chi connectivity index (χ1) is 8.60. The lowest BCUT2D eigenvalue weighted by molar-refractivity contribution is 0.117. The molecule has 0 aromatic heterocycles. The summed E-state index contributed by atoms with van der Waals surface area (Å²) in [6.07, 6.45) is 2.35. The molecule has 2 rings (SSSR count). The predicted molar refractivity (Wildman–Crippen MR) is 76.5 cm³/mol. The molecule has 3 atom stereocenters. The molecule has 1 aliphatic rings. The zero-order valence-corrected chi connectivity index (χ0v) is 12.3. The minimum atomic E-state index is 0.362. The Morgan fingerprint density at radius 1 is 1.44 bits per heavy atom. The zero-order chi connectivity index (χ0) is 13.1. The summed E-state index contributed by atoms with van der Waals surface area (Å²) in [6.45, 7) is 2.95. The van der Waals surface area contributed by atoms with E-state index in [2.05, 4.69) is 12.2 Å². The third kappa shape index (κ3) is 3.39. The van der Waals surface area contributed by atoms with Crippen LogP contribution in [-0.2, 0) is 11.2 Å². The van der Waals surface area contributed by atoms with Crippen LogP contribution in [-0.4, -0.2) is 25.8 Å². The van der Waals surface area contributed by atoms with Crippen molar-refractivity contribution in [3.05, 3.63) is 33.8 Å². The Morgan fingerprint density at radius 3 is 2.83 bits per heavy atom. The molecule has 0 saturated carbocycles. The summed E-state index contributed by atoms with van der Waals surface area (Å²) in [4.78, 5) is 0. The Bertz CT molecular complexity index is 411. The van der Waals surface area contributed by atoms with Crippen LogP contribution in [0.15, 0.2) is 18.2 Å². The Morgan fingerprint density at radius 2 is 2.22 bits per heavy atom. The van der Waals surface area contributed by atoms with Gasteiger partial charge < -0.3 is 10.1 Å². The van der Waals surface area contributed by atoms with Crippen LogP contribution in [0, 0.1) is 5.92 Å². The third-order valence-electron chi connectivity index (χ3n) is 3.62. The highest BCUT2D eigenvalue weighted by molar-refractivity contribution is 6.33. The van der Waals surface area contributed by atoms with Gasteiger partial charge in [-0.25, -0.2) is 0 Å². The van der Waals surface area contributed by atoms with Crippen molar-refractivity contribution in [3.63, 3.8) is 0 Å². The average molecular weight is 288 g/mol. The van der Waals surface area contributed by atoms with E-state index in [0.29, 0.717) is 18.1 Å². The second-order valence-electron chi connectivity index (χ2n) is 4.97. The van der Waals surface area contributed by atoms with Crippen LogP contribution in [0.5, 0.6) is 0 Å². The van der Waals surface area contributed by atoms with E-state index in [1.807, 2.05) is 25.2 Å². The molecule has 2 nitrogen and oxygen atoms in total. The van der Waals surface area contributed by atoms with Crippen molar-refractivity contribution in [2.75, 3.05) is 13.7 Å². The molecule has 0 spiro atoms. The number of halogens is 2. The van der Waals surface area contributed by atoms with Gasteiger partial charge in [0, 0.05) is 22.0 Å². The van der Waals surface area contributed by atoms with Crippen LogP contribution in [0.4, 0.5) is 0 Å². The highest BCUT2D eigenvalue weighted by Crippen LogP contribution is 2.27. The maximum Gasteiger partial charge on any atom is 0.0551 e. The van der Waals surface area contributed by atoms with Gasteiger partial charge in [0.2, 0.25) is 0 Å². The highest BCUT2D eigenvalue weighted by atomic mass is 35.5. The maximum atomic E-state index is 6.21. The number of benzene rings is 1. The van der Waals surface area contributed by atoms with Crippen molar-refractivity contribution in [2.24, 2.45) is 5.92 Å². The Hall–Kier alpha value is -0.280. The van der Waals surface area contributed by atoms with E-state index in [0.717, 1.165) is 35.1 Å².